The summed E-state index contributed by atoms with van der Waals surface area (Å²) >= 11 is 6.34. The molecule has 2 unspecified atom stereocenters. The molecule has 0 aliphatic heterocycles. The van der Waals surface area contributed by atoms with Crippen LogP contribution in [0.25, 0.3) is 12.2 Å². The van der Waals surface area contributed by atoms with Crippen molar-refractivity contribution in [2.24, 2.45) is 5.92 Å². The van der Waals surface area contributed by atoms with Gasteiger partial charge in [-0.3, -0.25) is 14.6 Å². The fourth-order valence-corrected chi connectivity index (χ4v) is 6.13. The van der Waals surface area contributed by atoms with Crippen LogP contribution in [0.5, 0.6) is 0 Å². The summed E-state index contributed by atoms with van der Waals surface area (Å²) in [6.07, 6.45) is 21.3. The molecule has 0 bridgehead atoms. The van der Waals surface area contributed by atoms with Gasteiger partial charge in [-0.2, -0.15) is 0 Å². The molecule has 1 heterocycles. The lowest BCUT2D eigenvalue weighted by molar-refractivity contribution is -0.146. The SMILES string of the molecule is CC(=O)OCC(=O)CC1CCCCC(c2nccc3c2=CCC=C(CCCc2ccccc2Cl)CC=3)CC1. The number of aromatic nitrogens is 1. The molecule has 2 atom stereocenters. The molecule has 0 saturated heterocycles. The predicted molar refractivity (Wildman–Crippen MR) is 154 cm³/mol. The number of carbonyl (C=O) groups excluding carboxylic acids is 2. The third-order valence-electron chi connectivity index (χ3n) is 7.95. The molecule has 2 aliphatic rings. The van der Waals surface area contributed by atoms with Crippen molar-refractivity contribution < 1.29 is 14.3 Å². The van der Waals surface area contributed by atoms with E-state index in [4.69, 9.17) is 21.3 Å². The molecule has 2 aliphatic carbocycles. The maximum absolute atomic E-state index is 12.3. The van der Waals surface area contributed by atoms with E-state index in [0.717, 1.165) is 75.7 Å². The molecular weight excluding hydrogens is 494 g/mol. The third kappa shape index (κ3) is 8.39. The molecule has 4 rings (SSSR count). The van der Waals surface area contributed by atoms with Gasteiger partial charge in [0.2, 0.25) is 0 Å². The van der Waals surface area contributed by atoms with Gasteiger partial charge in [0.1, 0.15) is 6.61 Å². The normalized spacial score (nSPS) is 19.8. The summed E-state index contributed by atoms with van der Waals surface area (Å²) in [6, 6.07) is 10.3. The summed E-state index contributed by atoms with van der Waals surface area (Å²) in [6.45, 7) is 1.25. The van der Waals surface area contributed by atoms with E-state index in [2.05, 4.69) is 36.4 Å². The highest BCUT2D eigenvalue weighted by Gasteiger charge is 2.22. The van der Waals surface area contributed by atoms with Crippen molar-refractivity contribution in [1.82, 2.24) is 4.98 Å². The zero-order valence-corrected chi connectivity index (χ0v) is 23.3. The molecule has 1 aromatic heterocycles. The first kappa shape index (κ1) is 28.3. The van der Waals surface area contributed by atoms with Crippen LogP contribution in [-0.2, 0) is 20.7 Å². The average Bonchev–Trinajstić information content (AvgIpc) is 2.87. The van der Waals surface area contributed by atoms with E-state index in [1.165, 1.54) is 34.2 Å². The van der Waals surface area contributed by atoms with Crippen LogP contribution in [0.3, 0.4) is 0 Å². The smallest absolute Gasteiger partial charge is 0.303 e. The second kappa shape index (κ2) is 14.4. The Kier molecular flexibility index (Phi) is 10.7. The Morgan fingerprint density at radius 2 is 1.84 bits per heavy atom. The van der Waals surface area contributed by atoms with Gasteiger partial charge < -0.3 is 4.74 Å². The van der Waals surface area contributed by atoms with Crippen molar-refractivity contribution in [1.29, 1.82) is 0 Å². The number of halogens is 1. The number of carbonyl (C=O) groups is 2. The first-order valence-electron chi connectivity index (χ1n) is 14.2. The number of fused-ring (bicyclic) bond motifs is 1. The molecular formula is C33H40ClNO3. The number of Topliss-reactive ketones (excluding diaryl/α,β-unsaturated/α-hetero) is 1. The minimum atomic E-state index is -0.394. The second-order valence-electron chi connectivity index (χ2n) is 10.8. The third-order valence-corrected chi connectivity index (χ3v) is 8.32. The Morgan fingerprint density at radius 1 is 1.00 bits per heavy atom. The van der Waals surface area contributed by atoms with Crippen molar-refractivity contribution in [2.45, 2.75) is 89.9 Å². The number of aryl methyl sites for hydroxylation is 1. The number of ether oxygens (including phenoxy) is 1. The zero-order chi connectivity index (χ0) is 26.7. The van der Waals surface area contributed by atoms with Gasteiger partial charge in [-0.15, -0.1) is 0 Å². The van der Waals surface area contributed by atoms with Crippen LogP contribution in [0.15, 0.2) is 48.2 Å². The fourth-order valence-electron chi connectivity index (χ4n) is 5.90. The van der Waals surface area contributed by atoms with Crippen molar-refractivity contribution >= 4 is 35.5 Å². The molecule has 0 amide bonds. The fraction of sp³-hybridized carbons (Fsp3) is 0.485. The minimum Gasteiger partial charge on any atom is -0.458 e. The number of pyridine rings is 1. The number of hydrogen-bond donors (Lipinski definition) is 0. The molecule has 5 heteroatoms. The lowest BCUT2D eigenvalue weighted by atomic mass is 9.81. The summed E-state index contributed by atoms with van der Waals surface area (Å²) in [5.41, 5.74) is 3.94. The molecule has 2 aromatic rings. The molecule has 1 saturated carbocycles. The van der Waals surface area contributed by atoms with E-state index in [1.807, 2.05) is 18.3 Å². The Labute approximate surface area is 231 Å². The number of benzene rings is 1. The standard InChI is InChI=1S/C33H40ClNO3/c1-24(36)38-23-30(37)22-26-8-2-3-12-29(19-17-26)33-31-14-7-10-25(16-18-27(31)20-21-35-33)9-6-13-28-11-4-5-15-32(28)34/h4-5,10-11,14-15,18,20-21,26,29H,2-3,6-9,12-13,16-17,19,22-23H2,1H3. The summed E-state index contributed by atoms with van der Waals surface area (Å²) in [5, 5.41) is 3.45. The number of rotatable bonds is 9. The van der Waals surface area contributed by atoms with Crippen LogP contribution in [0.4, 0.5) is 0 Å². The first-order chi connectivity index (χ1) is 18.5. The van der Waals surface area contributed by atoms with Gasteiger partial charge in [0, 0.05) is 30.5 Å². The Balaban J connectivity index is 1.39. The van der Waals surface area contributed by atoms with Gasteiger partial charge in [-0.1, -0.05) is 72.9 Å². The molecule has 1 aromatic carbocycles. The van der Waals surface area contributed by atoms with Crippen molar-refractivity contribution in [3.05, 3.63) is 74.9 Å². The molecule has 4 nitrogen and oxygen atoms in total. The predicted octanol–water partition coefficient (Wildman–Crippen LogP) is 6.62. The molecule has 0 N–H and O–H groups in total. The van der Waals surface area contributed by atoms with Crippen LogP contribution in [0, 0.1) is 5.92 Å². The lowest BCUT2D eigenvalue weighted by Gasteiger charge is -2.25. The van der Waals surface area contributed by atoms with E-state index < -0.39 is 5.97 Å². The summed E-state index contributed by atoms with van der Waals surface area (Å²) in [4.78, 5) is 28.2. The Hall–Kier alpha value is -2.72. The Bertz CT molecular complexity index is 1270. The Morgan fingerprint density at radius 3 is 2.68 bits per heavy atom. The molecule has 202 valence electrons. The number of hydrogen-bond acceptors (Lipinski definition) is 4. The van der Waals surface area contributed by atoms with E-state index in [9.17, 15) is 9.59 Å². The van der Waals surface area contributed by atoms with Gasteiger partial charge in [0.15, 0.2) is 5.78 Å². The quantitative estimate of drug-likeness (QED) is 0.268. The van der Waals surface area contributed by atoms with Crippen molar-refractivity contribution in [3.8, 4) is 0 Å². The van der Waals surface area contributed by atoms with E-state index in [1.54, 1.807) is 0 Å². The van der Waals surface area contributed by atoms with Crippen LogP contribution in [-0.4, -0.2) is 23.3 Å². The zero-order valence-electron chi connectivity index (χ0n) is 22.6. The molecule has 0 spiro atoms. The lowest BCUT2D eigenvalue weighted by Crippen LogP contribution is -2.32. The van der Waals surface area contributed by atoms with Crippen LogP contribution >= 0.6 is 11.6 Å². The maximum Gasteiger partial charge on any atom is 0.303 e. The van der Waals surface area contributed by atoms with Crippen molar-refractivity contribution in [3.63, 3.8) is 0 Å². The van der Waals surface area contributed by atoms with Crippen LogP contribution in [0.2, 0.25) is 5.02 Å². The van der Waals surface area contributed by atoms with Gasteiger partial charge in [-0.05, 0) is 85.4 Å². The largest absolute Gasteiger partial charge is 0.458 e. The second-order valence-corrected chi connectivity index (χ2v) is 11.2. The van der Waals surface area contributed by atoms with E-state index in [0.29, 0.717) is 18.3 Å². The molecule has 38 heavy (non-hydrogen) atoms. The first-order valence-corrected chi connectivity index (χ1v) is 14.6. The number of esters is 1. The number of allylic oxidation sites excluding steroid dienone is 2. The highest BCUT2D eigenvalue weighted by molar-refractivity contribution is 6.31. The van der Waals surface area contributed by atoms with Gasteiger partial charge in [0.25, 0.3) is 0 Å². The highest BCUT2D eigenvalue weighted by atomic mass is 35.5. The summed E-state index contributed by atoms with van der Waals surface area (Å²) in [5.74, 6) is 0.412. The van der Waals surface area contributed by atoms with Crippen LogP contribution in [0.1, 0.15) is 94.7 Å². The molecule has 1 fully saturated rings. The summed E-state index contributed by atoms with van der Waals surface area (Å²) < 4.78 is 4.91. The topological polar surface area (TPSA) is 56.3 Å². The van der Waals surface area contributed by atoms with Crippen molar-refractivity contribution in [2.75, 3.05) is 6.61 Å². The summed E-state index contributed by atoms with van der Waals surface area (Å²) in [7, 11) is 0. The van der Waals surface area contributed by atoms with Gasteiger partial charge in [-0.25, -0.2) is 0 Å². The van der Waals surface area contributed by atoms with E-state index >= 15 is 0 Å². The number of nitrogens with zero attached hydrogens (tertiary/aromatic N) is 1. The average molecular weight is 534 g/mol. The highest BCUT2D eigenvalue weighted by Crippen LogP contribution is 2.32. The number of ketones is 1. The van der Waals surface area contributed by atoms with Gasteiger partial charge >= 0.3 is 5.97 Å². The van der Waals surface area contributed by atoms with Crippen LogP contribution < -0.4 is 10.4 Å². The minimum absolute atomic E-state index is 0.0302. The van der Waals surface area contributed by atoms with Gasteiger partial charge in [0.05, 0.1) is 5.69 Å². The maximum atomic E-state index is 12.3. The van der Waals surface area contributed by atoms with E-state index in [-0.39, 0.29) is 12.4 Å². The monoisotopic (exact) mass is 533 g/mol. The molecule has 0 radical (unpaired) electrons.